The third kappa shape index (κ3) is 13.0. The van der Waals surface area contributed by atoms with Gasteiger partial charge in [0.1, 0.15) is 0 Å². The Balaban J connectivity index is 1.44. The maximum absolute atomic E-state index is 14.0. The number of hydrogen-bond acceptors (Lipinski definition) is 8. The van der Waals surface area contributed by atoms with E-state index in [-0.39, 0.29) is 71.9 Å². The molecule has 0 heterocycles. The van der Waals surface area contributed by atoms with Crippen LogP contribution < -0.4 is 0 Å². The Kier molecular flexibility index (Phi) is 18.1. The molecule has 12 nitrogen and oxygen atoms in total. The van der Waals surface area contributed by atoms with Crippen LogP contribution in [0.25, 0.3) is 0 Å². The van der Waals surface area contributed by atoms with Crippen LogP contribution in [0.4, 0.5) is 0 Å². The summed E-state index contributed by atoms with van der Waals surface area (Å²) in [6, 6.07) is 26.7. The summed E-state index contributed by atoms with van der Waals surface area (Å²) in [5, 5.41) is 0. The first-order chi connectivity index (χ1) is 28.3. The second kappa shape index (κ2) is 22.0. The summed E-state index contributed by atoms with van der Waals surface area (Å²) in [7, 11) is -15.3. The molecule has 330 valence electrons. The lowest BCUT2D eigenvalue weighted by molar-refractivity contribution is 0.347. The molecule has 0 aliphatic carbocycles. The Morgan fingerprint density at radius 2 is 0.467 bits per heavy atom. The van der Waals surface area contributed by atoms with Gasteiger partial charge in [0, 0.05) is 52.4 Å². The first-order valence-electron chi connectivity index (χ1n) is 20.6. The Morgan fingerprint density at radius 3 is 0.650 bits per heavy atom. The van der Waals surface area contributed by atoms with Crippen LogP contribution in [0.5, 0.6) is 0 Å². The molecule has 0 saturated carbocycles. The van der Waals surface area contributed by atoms with Crippen molar-refractivity contribution in [3.8, 4) is 0 Å². The summed E-state index contributed by atoms with van der Waals surface area (Å²) in [5.74, 6) is 0. The Bertz CT molecular complexity index is 2240. The lowest BCUT2D eigenvalue weighted by Crippen LogP contribution is -2.36. The molecule has 4 aromatic rings. The molecular weight excluding hydrogens is 841 g/mol. The van der Waals surface area contributed by atoms with Gasteiger partial charge in [0.15, 0.2) is 0 Å². The van der Waals surface area contributed by atoms with Crippen LogP contribution in [0.3, 0.4) is 0 Å². The standard InChI is InChI=1S/C44H62N4O8S4/c1-7-45(57(49,50)41-23-15-37(3)16-24-41)31-9-11-33-47(59(53,54)43-27-19-39(5)20-28-43)35-13-14-36-48(60(55,56)44-29-21-40(6)22-30-44)34-12-10-32-46(8-2)58(51,52)42-25-17-38(4)18-26-42/h15-30H,7-14,31-36H2,1-6H3. The molecule has 0 fully saturated rings. The number of rotatable bonds is 25. The molecule has 0 amide bonds. The molecule has 0 spiro atoms. The van der Waals surface area contributed by atoms with Crippen molar-refractivity contribution in [2.45, 2.75) is 99.6 Å². The molecule has 0 aromatic heterocycles. The predicted molar refractivity (Wildman–Crippen MR) is 239 cm³/mol. The van der Waals surface area contributed by atoms with E-state index in [0.29, 0.717) is 38.5 Å². The highest BCUT2D eigenvalue weighted by atomic mass is 32.2. The van der Waals surface area contributed by atoms with Crippen LogP contribution >= 0.6 is 0 Å². The molecule has 60 heavy (non-hydrogen) atoms. The van der Waals surface area contributed by atoms with E-state index >= 15 is 0 Å². The van der Waals surface area contributed by atoms with Crippen LogP contribution in [-0.2, 0) is 40.1 Å². The molecule has 16 heteroatoms. The van der Waals surface area contributed by atoms with Gasteiger partial charge >= 0.3 is 0 Å². The highest BCUT2D eigenvalue weighted by molar-refractivity contribution is 7.90. The first-order valence-corrected chi connectivity index (χ1v) is 26.4. The number of nitrogens with zero attached hydrogens (tertiary/aromatic N) is 4. The van der Waals surface area contributed by atoms with Crippen molar-refractivity contribution in [3.05, 3.63) is 119 Å². The van der Waals surface area contributed by atoms with E-state index in [1.54, 1.807) is 111 Å². The van der Waals surface area contributed by atoms with Crippen molar-refractivity contribution in [1.29, 1.82) is 0 Å². The highest BCUT2D eigenvalue weighted by Crippen LogP contribution is 2.23. The van der Waals surface area contributed by atoms with E-state index < -0.39 is 40.1 Å². The maximum Gasteiger partial charge on any atom is 0.243 e. The lowest BCUT2D eigenvalue weighted by atomic mass is 10.2. The van der Waals surface area contributed by atoms with Crippen LogP contribution in [0.2, 0.25) is 0 Å². The average Bonchev–Trinajstić information content (AvgIpc) is 3.21. The molecule has 0 radical (unpaired) electrons. The van der Waals surface area contributed by atoms with Gasteiger partial charge in [-0.15, -0.1) is 0 Å². The fraction of sp³-hybridized carbons (Fsp3) is 0.455. The summed E-state index contributed by atoms with van der Waals surface area (Å²) in [4.78, 5) is 0.732. The van der Waals surface area contributed by atoms with E-state index in [1.165, 1.54) is 17.2 Å². The monoisotopic (exact) mass is 902 g/mol. The second-order valence-corrected chi connectivity index (χ2v) is 22.9. The fourth-order valence-corrected chi connectivity index (χ4v) is 12.8. The van der Waals surface area contributed by atoms with Gasteiger partial charge in [-0.2, -0.15) is 17.2 Å². The third-order valence-corrected chi connectivity index (χ3v) is 18.3. The zero-order chi connectivity index (χ0) is 44.1. The topological polar surface area (TPSA) is 150 Å². The maximum atomic E-state index is 14.0. The van der Waals surface area contributed by atoms with Gasteiger partial charge < -0.3 is 0 Å². The van der Waals surface area contributed by atoms with Gasteiger partial charge in [0.25, 0.3) is 0 Å². The van der Waals surface area contributed by atoms with Gasteiger partial charge in [-0.3, -0.25) is 0 Å². The van der Waals surface area contributed by atoms with Crippen molar-refractivity contribution in [3.63, 3.8) is 0 Å². The largest absolute Gasteiger partial charge is 0.243 e. The molecule has 0 N–H and O–H groups in total. The van der Waals surface area contributed by atoms with Gasteiger partial charge in [-0.1, -0.05) is 84.6 Å². The normalized spacial score (nSPS) is 12.9. The minimum absolute atomic E-state index is 0.135. The van der Waals surface area contributed by atoms with Gasteiger partial charge in [0.2, 0.25) is 40.1 Å². The van der Waals surface area contributed by atoms with Gasteiger partial charge in [0.05, 0.1) is 19.6 Å². The predicted octanol–water partition coefficient (Wildman–Crippen LogP) is 7.36. The summed E-state index contributed by atoms with van der Waals surface area (Å²) in [6.07, 6.45) is 2.42. The molecule has 0 saturated heterocycles. The molecule has 0 atom stereocenters. The number of unbranched alkanes of at least 4 members (excludes halogenated alkanes) is 3. The highest BCUT2D eigenvalue weighted by Gasteiger charge is 2.28. The minimum atomic E-state index is -3.92. The van der Waals surface area contributed by atoms with Crippen LogP contribution in [0.1, 0.15) is 74.6 Å². The van der Waals surface area contributed by atoms with Crippen molar-refractivity contribution >= 4 is 40.1 Å². The van der Waals surface area contributed by atoms with Crippen molar-refractivity contribution in [1.82, 2.24) is 17.2 Å². The summed E-state index contributed by atoms with van der Waals surface area (Å²) in [6.45, 7) is 12.7. The molecule has 0 unspecified atom stereocenters. The Morgan fingerprint density at radius 1 is 0.300 bits per heavy atom. The third-order valence-electron chi connectivity index (χ3n) is 10.5. The van der Waals surface area contributed by atoms with Crippen LogP contribution in [-0.4, -0.2) is 103 Å². The Hall–Kier alpha value is -3.48. The summed E-state index contributed by atoms with van der Waals surface area (Å²) in [5.41, 5.74) is 3.74. The van der Waals surface area contributed by atoms with E-state index in [4.69, 9.17) is 0 Å². The lowest BCUT2D eigenvalue weighted by Gasteiger charge is -2.26. The van der Waals surface area contributed by atoms with Gasteiger partial charge in [-0.25, -0.2) is 33.7 Å². The number of sulfonamides is 4. The zero-order valence-electron chi connectivity index (χ0n) is 35.8. The summed E-state index contributed by atoms with van der Waals surface area (Å²) >= 11 is 0. The minimum Gasteiger partial charge on any atom is -0.207 e. The van der Waals surface area contributed by atoms with E-state index in [9.17, 15) is 33.7 Å². The van der Waals surface area contributed by atoms with Crippen molar-refractivity contribution in [2.24, 2.45) is 0 Å². The van der Waals surface area contributed by atoms with Crippen molar-refractivity contribution < 1.29 is 33.7 Å². The molecule has 4 rings (SSSR count). The smallest absolute Gasteiger partial charge is 0.207 e. The summed E-state index contributed by atoms with van der Waals surface area (Å²) < 4.78 is 115. The molecule has 0 aliphatic rings. The number of benzene rings is 4. The van der Waals surface area contributed by atoms with E-state index in [2.05, 4.69) is 0 Å². The van der Waals surface area contributed by atoms with Crippen LogP contribution in [0.15, 0.2) is 117 Å². The number of aryl methyl sites for hydroxylation is 4. The molecule has 0 bridgehead atoms. The SMILES string of the molecule is CCN(CCCCN(CCCCN(CCCCN(CC)S(=O)(=O)c1ccc(C)cc1)S(=O)(=O)c1ccc(C)cc1)S(=O)(=O)c1ccc(C)cc1)S(=O)(=O)c1ccc(C)cc1. The number of hydrogen-bond donors (Lipinski definition) is 0. The second-order valence-electron chi connectivity index (χ2n) is 15.2. The van der Waals surface area contributed by atoms with E-state index in [1.807, 2.05) is 27.7 Å². The van der Waals surface area contributed by atoms with Gasteiger partial charge in [-0.05, 0) is 115 Å². The molecule has 4 aromatic carbocycles. The van der Waals surface area contributed by atoms with Crippen LogP contribution in [0, 0.1) is 27.7 Å². The van der Waals surface area contributed by atoms with E-state index in [0.717, 1.165) is 22.3 Å². The zero-order valence-corrected chi connectivity index (χ0v) is 39.1. The average molecular weight is 903 g/mol. The Labute approximate surface area is 360 Å². The quantitative estimate of drug-likeness (QED) is 0.0627. The fourth-order valence-electron chi connectivity index (χ4n) is 6.77. The molecular formula is C44H62N4O8S4. The molecule has 0 aliphatic heterocycles. The first kappa shape index (κ1) is 49.2. The van der Waals surface area contributed by atoms with Crippen molar-refractivity contribution in [2.75, 3.05) is 52.4 Å².